The summed E-state index contributed by atoms with van der Waals surface area (Å²) in [6.07, 6.45) is 8.00. The molecule has 0 unspecified atom stereocenters. The number of carbonyl (C=O) groups is 4. The Bertz CT molecular complexity index is 1240. The Balaban J connectivity index is 1.57. The SMILES string of the molecule is CCCN1C(=O)[C@H]2[C@H](CC=C3[C@H]2C[C@H]2C(=O)N(CCC)C(=O)[C@H]2[C@H]3C=Cc2cc(OC)c(O)c(OC)c2)C1=O. The molecule has 2 aliphatic heterocycles. The van der Waals surface area contributed by atoms with Crippen molar-refractivity contribution in [1.82, 2.24) is 9.80 Å². The molecular formula is C30H36N2O7. The number of nitrogens with zero attached hydrogens (tertiary/aromatic N) is 2. The predicted molar refractivity (Wildman–Crippen MR) is 143 cm³/mol. The quantitative estimate of drug-likeness (QED) is 0.400. The molecule has 208 valence electrons. The molecule has 1 saturated carbocycles. The molecule has 1 N–H and O–H groups in total. The molecule has 6 atom stereocenters. The van der Waals surface area contributed by atoms with Crippen LogP contribution in [0, 0.1) is 35.5 Å². The van der Waals surface area contributed by atoms with Gasteiger partial charge in [0.1, 0.15) is 0 Å². The van der Waals surface area contributed by atoms with Crippen LogP contribution in [0.25, 0.3) is 6.08 Å². The first-order valence-electron chi connectivity index (χ1n) is 13.8. The Morgan fingerprint density at radius 2 is 1.41 bits per heavy atom. The van der Waals surface area contributed by atoms with Crippen LogP contribution in [0.1, 0.15) is 45.1 Å². The zero-order chi connectivity index (χ0) is 28.0. The molecule has 9 nitrogen and oxygen atoms in total. The molecule has 39 heavy (non-hydrogen) atoms. The molecule has 0 radical (unpaired) electrons. The number of amides is 4. The molecule has 4 amide bonds. The van der Waals surface area contributed by atoms with Gasteiger partial charge in [-0.25, -0.2) is 0 Å². The Kier molecular flexibility index (Phi) is 7.27. The van der Waals surface area contributed by atoms with E-state index in [9.17, 15) is 24.3 Å². The first-order chi connectivity index (χ1) is 18.8. The van der Waals surface area contributed by atoms with Crippen molar-refractivity contribution in [3.8, 4) is 17.2 Å². The average molecular weight is 537 g/mol. The fraction of sp³-hybridized carbons (Fsp3) is 0.533. The molecule has 2 aliphatic carbocycles. The summed E-state index contributed by atoms with van der Waals surface area (Å²) < 4.78 is 10.6. The number of methoxy groups -OCH3 is 2. The fourth-order valence-electron chi connectivity index (χ4n) is 7.09. The summed E-state index contributed by atoms with van der Waals surface area (Å²) in [7, 11) is 2.91. The number of hydrogen-bond donors (Lipinski definition) is 1. The van der Waals surface area contributed by atoms with Crippen LogP contribution in [-0.4, -0.2) is 65.8 Å². The molecule has 3 fully saturated rings. The third-order valence-electron chi connectivity index (χ3n) is 8.78. The zero-order valence-corrected chi connectivity index (χ0v) is 22.9. The minimum Gasteiger partial charge on any atom is -0.502 e. The first-order valence-corrected chi connectivity index (χ1v) is 13.8. The molecule has 2 heterocycles. The van der Waals surface area contributed by atoms with Crippen molar-refractivity contribution < 1.29 is 33.8 Å². The van der Waals surface area contributed by atoms with Gasteiger partial charge in [-0.15, -0.1) is 0 Å². The van der Waals surface area contributed by atoms with E-state index in [1.807, 2.05) is 32.1 Å². The highest BCUT2D eigenvalue weighted by atomic mass is 16.5. The summed E-state index contributed by atoms with van der Waals surface area (Å²) in [5.74, 6) is -2.93. The third kappa shape index (κ3) is 4.22. The van der Waals surface area contributed by atoms with Crippen molar-refractivity contribution in [2.24, 2.45) is 35.5 Å². The second-order valence-electron chi connectivity index (χ2n) is 10.9. The van der Waals surface area contributed by atoms with Gasteiger partial charge in [0.15, 0.2) is 11.5 Å². The van der Waals surface area contributed by atoms with Crippen LogP contribution in [0.5, 0.6) is 17.2 Å². The highest BCUT2D eigenvalue weighted by Gasteiger charge is 2.60. The summed E-state index contributed by atoms with van der Waals surface area (Å²) in [6, 6.07) is 3.34. The normalized spacial score (nSPS) is 30.0. The second-order valence-corrected chi connectivity index (χ2v) is 10.9. The van der Waals surface area contributed by atoms with Gasteiger partial charge in [-0.1, -0.05) is 37.6 Å². The van der Waals surface area contributed by atoms with E-state index in [-0.39, 0.29) is 46.8 Å². The zero-order valence-electron chi connectivity index (χ0n) is 22.9. The van der Waals surface area contributed by atoms with Gasteiger partial charge >= 0.3 is 0 Å². The summed E-state index contributed by atoms with van der Waals surface area (Å²) in [6.45, 7) is 4.64. The Morgan fingerprint density at radius 3 is 1.97 bits per heavy atom. The van der Waals surface area contributed by atoms with Crippen molar-refractivity contribution in [2.75, 3.05) is 27.3 Å². The molecule has 5 rings (SSSR count). The number of carbonyl (C=O) groups excluding carboxylic acids is 4. The van der Waals surface area contributed by atoms with Gasteiger partial charge in [0, 0.05) is 19.0 Å². The summed E-state index contributed by atoms with van der Waals surface area (Å²) in [5.41, 5.74) is 1.66. The minimum atomic E-state index is -0.556. The van der Waals surface area contributed by atoms with E-state index in [1.165, 1.54) is 24.0 Å². The lowest BCUT2D eigenvalue weighted by Crippen LogP contribution is -2.43. The smallest absolute Gasteiger partial charge is 0.234 e. The fourth-order valence-corrected chi connectivity index (χ4v) is 7.09. The van der Waals surface area contributed by atoms with Crippen LogP contribution < -0.4 is 9.47 Å². The number of phenolic OH excluding ortho intramolecular Hbond substituents is 1. The Hall–Kier alpha value is -3.62. The van der Waals surface area contributed by atoms with Crippen molar-refractivity contribution in [3.63, 3.8) is 0 Å². The van der Waals surface area contributed by atoms with E-state index < -0.39 is 29.6 Å². The van der Waals surface area contributed by atoms with Gasteiger partial charge in [0.2, 0.25) is 29.4 Å². The Morgan fingerprint density at radius 1 is 0.846 bits per heavy atom. The largest absolute Gasteiger partial charge is 0.502 e. The third-order valence-corrected chi connectivity index (χ3v) is 8.78. The van der Waals surface area contributed by atoms with Crippen LogP contribution in [0.4, 0.5) is 0 Å². The van der Waals surface area contributed by atoms with Crippen molar-refractivity contribution >= 4 is 29.7 Å². The molecule has 1 aromatic carbocycles. The predicted octanol–water partition coefficient (Wildman–Crippen LogP) is 3.41. The number of benzene rings is 1. The maximum Gasteiger partial charge on any atom is 0.234 e. The topological polar surface area (TPSA) is 113 Å². The van der Waals surface area contributed by atoms with E-state index in [1.54, 1.807) is 12.1 Å². The lowest BCUT2D eigenvalue weighted by molar-refractivity contribution is -0.142. The summed E-state index contributed by atoms with van der Waals surface area (Å²) in [4.78, 5) is 56.5. The number of ether oxygens (including phenoxy) is 2. The molecule has 4 aliphatic rings. The maximum atomic E-state index is 13.6. The highest BCUT2D eigenvalue weighted by molar-refractivity contribution is 6.07. The standard InChI is InChI=1S/C30H36N2O7/c1-5-11-31-27(34)19-10-9-17-18(8-7-16-13-22(38-3)26(33)23(14-16)39-4)24-21(15-20(17)25(19)30(31)37)28(35)32(12-6-2)29(24)36/h7-9,13-14,18-21,24-25,33H,5-6,10-12,15H2,1-4H3/t18-,19-,20+,21+,24-,25-/m0/s1. The summed E-state index contributed by atoms with van der Waals surface area (Å²) in [5, 5.41) is 10.3. The van der Waals surface area contributed by atoms with Crippen LogP contribution in [0.3, 0.4) is 0 Å². The van der Waals surface area contributed by atoms with Crippen molar-refractivity contribution in [3.05, 3.63) is 35.4 Å². The van der Waals surface area contributed by atoms with E-state index in [0.717, 1.165) is 5.57 Å². The van der Waals surface area contributed by atoms with Gasteiger partial charge in [-0.2, -0.15) is 0 Å². The molecule has 1 aromatic rings. The number of hydrogen-bond acceptors (Lipinski definition) is 7. The van der Waals surface area contributed by atoms with Crippen LogP contribution in [0.15, 0.2) is 29.9 Å². The maximum absolute atomic E-state index is 13.6. The van der Waals surface area contributed by atoms with Gasteiger partial charge in [0.25, 0.3) is 0 Å². The van der Waals surface area contributed by atoms with E-state index >= 15 is 0 Å². The Labute approximate surface area is 228 Å². The van der Waals surface area contributed by atoms with Gasteiger partial charge in [-0.3, -0.25) is 29.0 Å². The number of phenols is 1. The van der Waals surface area contributed by atoms with Crippen molar-refractivity contribution in [1.29, 1.82) is 0 Å². The average Bonchev–Trinajstić information content (AvgIpc) is 3.32. The molecule has 0 spiro atoms. The lowest BCUT2D eigenvalue weighted by Gasteiger charge is -2.42. The molecule has 0 aromatic heterocycles. The number of aromatic hydroxyl groups is 1. The van der Waals surface area contributed by atoms with E-state index in [4.69, 9.17) is 9.47 Å². The molecule has 0 bridgehead atoms. The van der Waals surface area contributed by atoms with E-state index in [0.29, 0.717) is 44.3 Å². The highest BCUT2D eigenvalue weighted by Crippen LogP contribution is 2.55. The van der Waals surface area contributed by atoms with Crippen LogP contribution in [0.2, 0.25) is 0 Å². The van der Waals surface area contributed by atoms with Gasteiger partial charge in [0.05, 0.1) is 37.9 Å². The molecule has 9 heteroatoms. The number of rotatable bonds is 8. The van der Waals surface area contributed by atoms with Gasteiger partial charge < -0.3 is 14.6 Å². The molecular weight excluding hydrogens is 500 g/mol. The first kappa shape index (κ1) is 27.0. The summed E-state index contributed by atoms with van der Waals surface area (Å²) >= 11 is 0. The van der Waals surface area contributed by atoms with Crippen molar-refractivity contribution in [2.45, 2.75) is 39.5 Å². The second kappa shape index (κ2) is 10.5. The lowest BCUT2D eigenvalue weighted by atomic mass is 9.58. The van der Waals surface area contributed by atoms with Crippen LogP contribution >= 0.6 is 0 Å². The number of fused-ring (bicyclic) bond motifs is 4. The van der Waals surface area contributed by atoms with Crippen LogP contribution in [-0.2, 0) is 19.2 Å². The minimum absolute atomic E-state index is 0.108. The number of likely N-dealkylation sites (tertiary alicyclic amines) is 2. The monoisotopic (exact) mass is 536 g/mol. The van der Waals surface area contributed by atoms with E-state index in [2.05, 4.69) is 0 Å². The van der Waals surface area contributed by atoms with Gasteiger partial charge in [-0.05, 0) is 49.3 Å². The number of imide groups is 2. The molecule has 2 saturated heterocycles. The number of allylic oxidation sites excluding steroid dienone is 3.